The fraction of sp³-hybridized carbons (Fsp3) is 0.692. The van der Waals surface area contributed by atoms with E-state index >= 15 is 0 Å². The van der Waals surface area contributed by atoms with Crippen LogP contribution in [-0.2, 0) is 16.1 Å². The van der Waals surface area contributed by atoms with Gasteiger partial charge in [-0.3, -0.25) is 4.90 Å². The zero-order chi connectivity index (χ0) is 14.1. The monoisotopic (exact) mass is 298 g/mol. The Bertz CT molecular complexity index is 505. The van der Waals surface area contributed by atoms with E-state index in [2.05, 4.69) is 9.88 Å². The third-order valence-electron chi connectivity index (χ3n) is 3.85. The highest BCUT2D eigenvalue weighted by atomic mass is 32.1. The first-order valence-corrected chi connectivity index (χ1v) is 7.58. The number of methoxy groups -OCH3 is 1. The number of hydrogen-bond acceptors (Lipinski definition) is 6. The summed E-state index contributed by atoms with van der Waals surface area (Å²) in [6.45, 7) is 2.85. The molecule has 0 aliphatic carbocycles. The molecular formula is C13H18N2O4S. The summed E-state index contributed by atoms with van der Waals surface area (Å²) in [4.78, 5) is 18.3. The molecule has 0 spiro atoms. The second-order valence-electron chi connectivity index (χ2n) is 5.18. The van der Waals surface area contributed by atoms with Gasteiger partial charge in [-0.15, -0.1) is 11.3 Å². The number of carboxylic acid groups (broad SMARTS) is 1. The van der Waals surface area contributed by atoms with Crippen LogP contribution in [0.5, 0.6) is 0 Å². The minimum Gasteiger partial charge on any atom is -0.477 e. The number of nitrogens with zero attached hydrogens (tertiary/aromatic N) is 2. The predicted molar refractivity (Wildman–Crippen MR) is 73.1 cm³/mol. The lowest BCUT2D eigenvalue weighted by atomic mass is 10.2. The first-order valence-electron chi connectivity index (χ1n) is 6.76. The Morgan fingerprint density at radius 3 is 3.25 bits per heavy atom. The van der Waals surface area contributed by atoms with Gasteiger partial charge < -0.3 is 14.6 Å². The van der Waals surface area contributed by atoms with E-state index in [9.17, 15) is 9.90 Å². The second kappa shape index (κ2) is 5.77. The average Bonchev–Trinajstić information content (AvgIpc) is 3.04. The van der Waals surface area contributed by atoms with Crippen molar-refractivity contribution in [1.82, 2.24) is 9.88 Å². The van der Waals surface area contributed by atoms with Gasteiger partial charge in [0.1, 0.15) is 16.0 Å². The number of thiazole rings is 1. The summed E-state index contributed by atoms with van der Waals surface area (Å²) in [6, 6.07) is 0.531. The molecule has 2 aliphatic heterocycles. The Hall–Kier alpha value is -1.02. The lowest BCUT2D eigenvalue weighted by Crippen LogP contribution is -2.42. The van der Waals surface area contributed by atoms with Crippen molar-refractivity contribution in [1.29, 1.82) is 0 Å². The van der Waals surface area contributed by atoms with Gasteiger partial charge in [0.15, 0.2) is 0 Å². The van der Waals surface area contributed by atoms with Gasteiger partial charge in [0.2, 0.25) is 0 Å². The maximum absolute atomic E-state index is 11.2. The van der Waals surface area contributed by atoms with Crippen LogP contribution in [-0.4, -0.2) is 53.8 Å². The molecule has 0 saturated carbocycles. The summed E-state index contributed by atoms with van der Waals surface area (Å²) in [5.74, 6) is -0.948. The van der Waals surface area contributed by atoms with Gasteiger partial charge in [0, 0.05) is 19.7 Å². The SMILES string of the molecule is COCc1nc(C2CN3CCCC3CO2)sc1C(=O)O. The highest BCUT2D eigenvalue weighted by Crippen LogP contribution is 2.33. The number of hydrogen-bond donors (Lipinski definition) is 1. The molecule has 110 valence electrons. The van der Waals surface area contributed by atoms with Crippen LogP contribution in [0.1, 0.15) is 39.3 Å². The Kier molecular flexibility index (Phi) is 4.02. The topological polar surface area (TPSA) is 71.9 Å². The van der Waals surface area contributed by atoms with Gasteiger partial charge >= 0.3 is 5.97 Å². The number of fused-ring (bicyclic) bond motifs is 1. The van der Waals surface area contributed by atoms with E-state index in [0.717, 1.165) is 18.1 Å². The number of carboxylic acids is 1. The molecule has 7 heteroatoms. The molecular weight excluding hydrogens is 280 g/mol. The maximum Gasteiger partial charge on any atom is 0.347 e. The number of morpholine rings is 1. The summed E-state index contributed by atoms with van der Waals surface area (Å²) < 4.78 is 10.9. The van der Waals surface area contributed by atoms with Gasteiger partial charge in [-0.1, -0.05) is 0 Å². The molecule has 0 bridgehead atoms. The highest BCUT2D eigenvalue weighted by molar-refractivity contribution is 7.13. The van der Waals surface area contributed by atoms with Crippen LogP contribution in [0.4, 0.5) is 0 Å². The number of ether oxygens (including phenoxy) is 2. The van der Waals surface area contributed by atoms with E-state index in [1.165, 1.54) is 31.3 Å². The number of aromatic carboxylic acids is 1. The number of rotatable bonds is 4. The van der Waals surface area contributed by atoms with E-state index < -0.39 is 5.97 Å². The lowest BCUT2D eigenvalue weighted by Gasteiger charge is -2.34. The standard InChI is InChI=1S/C13H18N2O4S/c1-18-7-9-11(13(16)17)20-12(14-9)10-5-15-4-2-3-8(15)6-19-10/h8,10H,2-7H2,1H3,(H,16,17). The van der Waals surface area contributed by atoms with Crippen LogP contribution < -0.4 is 0 Å². The van der Waals surface area contributed by atoms with Crippen LogP contribution in [0.3, 0.4) is 0 Å². The highest BCUT2D eigenvalue weighted by Gasteiger charge is 2.35. The van der Waals surface area contributed by atoms with Crippen molar-refractivity contribution < 1.29 is 19.4 Å². The zero-order valence-corrected chi connectivity index (χ0v) is 12.2. The maximum atomic E-state index is 11.2. The molecule has 1 N–H and O–H groups in total. The van der Waals surface area contributed by atoms with Gasteiger partial charge in [-0.05, 0) is 19.4 Å². The molecule has 1 aromatic rings. The molecule has 1 aromatic heterocycles. The van der Waals surface area contributed by atoms with Crippen molar-refractivity contribution >= 4 is 17.3 Å². The molecule has 2 atom stereocenters. The van der Waals surface area contributed by atoms with Crippen molar-refractivity contribution in [2.24, 2.45) is 0 Å². The molecule has 6 nitrogen and oxygen atoms in total. The Morgan fingerprint density at radius 2 is 2.50 bits per heavy atom. The third-order valence-corrected chi connectivity index (χ3v) is 5.03. The molecule has 2 fully saturated rings. The molecule has 0 amide bonds. The third kappa shape index (κ3) is 2.58. The fourth-order valence-electron chi connectivity index (χ4n) is 2.88. The van der Waals surface area contributed by atoms with E-state index in [-0.39, 0.29) is 17.6 Å². The van der Waals surface area contributed by atoms with Crippen molar-refractivity contribution in [3.8, 4) is 0 Å². The largest absolute Gasteiger partial charge is 0.477 e. The summed E-state index contributed by atoms with van der Waals surface area (Å²) in [6.07, 6.45) is 2.30. The number of carbonyl (C=O) groups is 1. The van der Waals surface area contributed by atoms with Crippen LogP contribution >= 0.6 is 11.3 Å². The van der Waals surface area contributed by atoms with Crippen molar-refractivity contribution in [2.45, 2.75) is 31.6 Å². The predicted octanol–water partition coefficient (Wildman–Crippen LogP) is 1.52. The summed E-state index contributed by atoms with van der Waals surface area (Å²) in [5.41, 5.74) is 0.493. The van der Waals surface area contributed by atoms with E-state index in [0.29, 0.717) is 18.3 Å². The first kappa shape index (κ1) is 13.9. The quantitative estimate of drug-likeness (QED) is 0.909. The lowest BCUT2D eigenvalue weighted by molar-refractivity contribution is -0.0503. The first-order chi connectivity index (χ1) is 9.69. The average molecular weight is 298 g/mol. The van der Waals surface area contributed by atoms with E-state index in [4.69, 9.17) is 9.47 Å². The second-order valence-corrected chi connectivity index (χ2v) is 6.21. The van der Waals surface area contributed by atoms with Crippen molar-refractivity contribution in [2.75, 3.05) is 26.8 Å². The summed E-state index contributed by atoms with van der Waals surface area (Å²) in [7, 11) is 1.54. The van der Waals surface area contributed by atoms with E-state index in [1.54, 1.807) is 0 Å². The van der Waals surface area contributed by atoms with Crippen LogP contribution in [0, 0.1) is 0 Å². The molecule has 3 heterocycles. The molecule has 2 saturated heterocycles. The Balaban J connectivity index is 1.79. The number of aromatic nitrogens is 1. The van der Waals surface area contributed by atoms with Crippen LogP contribution in [0.2, 0.25) is 0 Å². The smallest absolute Gasteiger partial charge is 0.347 e. The molecule has 0 radical (unpaired) electrons. The van der Waals surface area contributed by atoms with Crippen molar-refractivity contribution in [3.05, 3.63) is 15.6 Å². The minimum atomic E-state index is -0.948. The van der Waals surface area contributed by atoms with Gasteiger partial charge in [0.25, 0.3) is 0 Å². The normalized spacial score (nSPS) is 26.6. The van der Waals surface area contributed by atoms with Crippen LogP contribution in [0.25, 0.3) is 0 Å². The molecule has 20 heavy (non-hydrogen) atoms. The van der Waals surface area contributed by atoms with E-state index in [1.807, 2.05) is 0 Å². The molecule has 2 unspecified atom stereocenters. The van der Waals surface area contributed by atoms with Crippen molar-refractivity contribution in [3.63, 3.8) is 0 Å². The summed E-state index contributed by atoms with van der Waals surface area (Å²) in [5, 5.41) is 9.97. The molecule has 0 aromatic carbocycles. The van der Waals surface area contributed by atoms with Gasteiger partial charge in [0.05, 0.1) is 18.9 Å². The van der Waals surface area contributed by atoms with Gasteiger partial charge in [-0.2, -0.15) is 0 Å². The molecule has 2 aliphatic rings. The van der Waals surface area contributed by atoms with Crippen LogP contribution in [0.15, 0.2) is 0 Å². The Labute approximate surface area is 121 Å². The Morgan fingerprint density at radius 1 is 1.65 bits per heavy atom. The summed E-state index contributed by atoms with van der Waals surface area (Å²) >= 11 is 1.21. The fourth-order valence-corrected chi connectivity index (χ4v) is 3.82. The van der Waals surface area contributed by atoms with Gasteiger partial charge in [-0.25, -0.2) is 9.78 Å². The molecule has 3 rings (SSSR count). The minimum absolute atomic E-state index is 0.113. The zero-order valence-electron chi connectivity index (χ0n) is 11.4.